The van der Waals surface area contributed by atoms with Crippen molar-refractivity contribution in [2.24, 2.45) is 23.7 Å². The summed E-state index contributed by atoms with van der Waals surface area (Å²) < 4.78 is 6.17. The van der Waals surface area contributed by atoms with E-state index in [1.165, 1.54) is 32.1 Å². The highest BCUT2D eigenvalue weighted by atomic mass is 16.5. The molecule has 0 radical (unpaired) electrons. The lowest BCUT2D eigenvalue weighted by molar-refractivity contribution is -0.0791. The molecule has 18 heavy (non-hydrogen) atoms. The third-order valence-corrected chi connectivity index (χ3v) is 5.06. The topological polar surface area (TPSA) is 61.0 Å². The van der Waals surface area contributed by atoms with Crippen LogP contribution in [0.1, 0.15) is 32.1 Å². The highest BCUT2D eigenvalue weighted by Gasteiger charge is 2.49. The Morgan fingerprint density at radius 1 is 0.944 bits per heavy atom. The molecule has 96 valence electrons. The quantitative estimate of drug-likeness (QED) is 0.868. The molecule has 0 amide bonds. The van der Waals surface area contributed by atoms with Crippen molar-refractivity contribution in [3.05, 3.63) is 12.4 Å². The van der Waals surface area contributed by atoms with Crippen LogP contribution in [0.4, 0.5) is 5.95 Å². The van der Waals surface area contributed by atoms with Gasteiger partial charge >= 0.3 is 0 Å². The van der Waals surface area contributed by atoms with Gasteiger partial charge < -0.3 is 10.5 Å². The zero-order valence-electron chi connectivity index (χ0n) is 10.5. The first-order valence-corrected chi connectivity index (χ1v) is 7.02. The van der Waals surface area contributed by atoms with Crippen LogP contribution in [0.2, 0.25) is 0 Å². The van der Waals surface area contributed by atoms with E-state index in [1.807, 2.05) is 0 Å². The lowest BCUT2D eigenvalue weighted by atomic mass is 9.55. The van der Waals surface area contributed by atoms with Crippen molar-refractivity contribution >= 4 is 5.95 Å². The van der Waals surface area contributed by atoms with Gasteiger partial charge in [-0.2, -0.15) is 0 Å². The van der Waals surface area contributed by atoms with Crippen LogP contribution < -0.4 is 10.5 Å². The van der Waals surface area contributed by atoms with Crippen LogP contribution >= 0.6 is 0 Å². The summed E-state index contributed by atoms with van der Waals surface area (Å²) in [5.74, 6) is 4.58. The monoisotopic (exact) mass is 245 g/mol. The molecule has 4 bridgehead atoms. The average molecular weight is 245 g/mol. The van der Waals surface area contributed by atoms with E-state index in [0.29, 0.717) is 12.1 Å². The summed E-state index contributed by atoms with van der Waals surface area (Å²) in [6.07, 6.45) is 10.7. The van der Waals surface area contributed by atoms with Gasteiger partial charge in [0.1, 0.15) is 6.10 Å². The molecule has 0 unspecified atom stereocenters. The van der Waals surface area contributed by atoms with E-state index in [0.717, 1.165) is 29.4 Å². The van der Waals surface area contributed by atoms with Crippen LogP contribution in [0.25, 0.3) is 0 Å². The number of anilines is 1. The van der Waals surface area contributed by atoms with Gasteiger partial charge in [0.05, 0.1) is 12.4 Å². The number of nitrogens with two attached hydrogens (primary N) is 1. The standard InChI is InChI=1S/C14H19N3O/c15-14-16-6-12(7-17-14)18-13-10-2-8-1-9(4-10)5-11(13)3-8/h6-11,13H,1-5H2,(H2,15,16,17). The maximum atomic E-state index is 6.17. The molecule has 4 aliphatic rings. The second-order valence-corrected chi connectivity index (χ2v) is 6.29. The Morgan fingerprint density at radius 3 is 2.06 bits per heavy atom. The number of nitrogen functional groups attached to an aromatic ring is 1. The third-order valence-electron chi connectivity index (χ3n) is 5.06. The van der Waals surface area contributed by atoms with E-state index >= 15 is 0 Å². The van der Waals surface area contributed by atoms with Gasteiger partial charge in [-0.05, 0) is 55.8 Å². The second kappa shape index (κ2) is 3.84. The lowest BCUT2D eigenvalue weighted by Crippen LogP contribution is -2.50. The van der Waals surface area contributed by atoms with Gasteiger partial charge in [0, 0.05) is 0 Å². The minimum absolute atomic E-state index is 0.312. The van der Waals surface area contributed by atoms with Crippen LogP contribution in [0.15, 0.2) is 12.4 Å². The largest absolute Gasteiger partial charge is 0.487 e. The molecule has 1 aromatic rings. The molecule has 5 rings (SSSR count). The fourth-order valence-electron chi connectivity index (χ4n) is 4.61. The van der Waals surface area contributed by atoms with E-state index in [9.17, 15) is 0 Å². The molecule has 1 heterocycles. The zero-order chi connectivity index (χ0) is 12.1. The number of hydrogen-bond donors (Lipinski definition) is 1. The van der Waals surface area contributed by atoms with Gasteiger partial charge in [-0.1, -0.05) is 0 Å². The van der Waals surface area contributed by atoms with Crippen molar-refractivity contribution in [1.29, 1.82) is 0 Å². The van der Waals surface area contributed by atoms with E-state index in [2.05, 4.69) is 9.97 Å². The highest BCUT2D eigenvalue weighted by molar-refractivity contribution is 5.21. The number of aromatic nitrogens is 2. The fraction of sp³-hybridized carbons (Fsp3) is 0.714. The highest BCUT2D eigenvalue weighted by Crippen LogP contribution is 2.54. The average Bonchev–Trinajstić information content (AvgIpc) is 2.35. The smallest absolute Gasteiger partial charge is 0.220 e. The molecule has 0 aromatic carbocycles. The summed E-state index contributed by atoms with van der Waals surface area (Å²) in [5, 5.41) is 0. The minimum Gasteiger partial charge on any atom is -0.487 e. The summed E-state index contributed by atoms with van der Waals surface area (Å²) in [6, 6.07) is 0. The first-order valence-electron chi connectivity index (χ1n) is 7.02. The van der Waals surface area contributed by atoms with Crippen molar-refractivity contribution in [1.82, 2.24) is 9.97 Å². The summed E-state index contributed by atoms with van der Waals surface area (Å²) in [5.41, 5.74) is 5.50. The number of ether oxygens (including phenoxy) is 1. The summed E-state index contributed by atoms with van der Waals surface area (Å²) in [6.45, 7) is 0. The fourth-order valence-corrected chi connectivity index (χ4v) is 4.61. The first-order chi connectivity index (χ1) is 8.78. The maximum absolute atomic E-state index is 6.17. The Labute approximate surface area is 107 Å². The van der Waals surface area contributed by atoms with E-state index < -0.39 is 0 Å². The molecule has 4 nitrogen and oxygen atoms in total. The molecule has 0 atom stereocenters. The molecule has 0 saturated heterocycles. The number of hydrogen-bond acceptors (Lipinski definition) is 4. The minimum atomic E-state index is 0.312. The normalized spacial score (nSPS) is 41.0. The van der Waals surface area contributed by atoms with Crippen molar-refractivity contribution in [3.63, 3.8) is 0 Å². The molecular formula is C14H19N3O. The van der Waals surface area contributed by atoms with Crippen LogP contribution in [-0.4, -0.2) is 16.1 Å². The van der Waals surface area contributed by atoms with Gasteiger partial charge in [0.15, 0.2) is 5.75 Å². The molecule has 0 spiro atoms. The van der Waals surface area contributed by atoms with Gasteiger partial charge in [0.2, 0.25) is 5.95 Å². The van der Waals surface area contributed by atoms with E-state index in [-0.39, 0.29) is 0 Å². The zero-order valence-corrected chi connectivity index (χ0v) is 10.5. The van der Waals surface area contributed by atoms with Gasteiger partial charge in [-0.3, -0.25) is 0 Å². The SMILES string of the molecule is Nc1ncc(OC2C3CC4CC(C3)CC2C4)cn1. The van der Waals surface area contributed by atoms with Gasteiger partial charge in [-0.25, -0.2) is 9.97 Å². The van der Waals surface area contributed by atoms with Crippen LogP contribution in [0.3, 0.4) is 0 Å². The van der Waals surface area contributed by atoms with Crippen molar-refractivity contribution in [2.75, 3.05) is 5.73 Å². The van der Waals surface area contributed by atoms with E-state index in [1.54, 1.807) is 12.4 Å². The van der Waals surface area contributed by atoms with Crippen LogP contribution in [0, 0.1) is 23.7 Å². The Bertz CT molecular complexity index is 417. The van der Waals surface area contributed by atoms with Crippen molar-refractivity contribution in [3.8, 4) is 5.75 Å². The Hall–Kier alpha value is -1.32. The molecule has 4 heteroatoms. The predicted molar refractivity (Wildman–Crippen MR) is 67.9 cm³/mol. The van der Waals surface area contributed by atoms with Gasteiger partial charge in [-0.15, -0.1) is 0 Å². The molecular weight excluding hydrogens is 226 g/mol. The predicted octanol–water partition coefficient (Wildman–Crippen LogP) is 2.26. The molecule has 4 saturated carbocycles. The summed E-state index contributed by atoms with van der Waals surface area (Å²) in [4.78, 5) is 8.01. The third kappa shape index (κ3) is 1.66. The Morgan fingerprint density at radius 2 is 1.50 bits per heavy atom. The number of rotatable bonds is 2. The maximum Gasteiger partial charge on any atom is 0.220 e. The first kappa shape index (κ1) is 10.6. The molecule has 1 aromatic heterocycles. The molecule has 4 aliphatic carbocycles. The number of nitrogens with zero attached hydrogens (tertiary/aromatic N) is 2. The molecule has 2 N–H and O–H groups in total. The Balaban J connectivity index is 1.53. The molecule has 4 fully saturated rings. The lowest BCUT2D eigenvalue weighted by Gasteiger charge is -2.53. The second-order valence-electron chi connectivity index (χ2n) is 6.29. The summed E-state index contributed by atoms with van der Waals surface area (Å²) >= 11 is 0. The van der Waals surface area contributed by atoms with Crippen LogP contribution in [-0.2, 0) is 0 Å². The Kier molecular flexibility index (Phi) is 2.26. The van der Waals surface area contributed by atoms with E-state index in [4.69, 9.17) is 10.5 Å². The van der Waals surface area contributed by atoms with Crippen LogP contribution in [0.5, 0.6) is 5.75 Å². The molecule has 0 aliphatic heterocycles. The van der Waals surface area contributed by atoms with Crippen molar-refractivity contribution < 1.29 is 4.74 Å². The van der Waals surface area contributed by atoms with Crippen molar-refractivity contribution in [2.45, 2.75) is 38.2 Å². The summed E-state index contributed by atoms with van der Waals surface area (Å²) in [7, 11) is 0. The van der Waals surface area contributed by atoms with Gasteiger partial charge in [0.25, 0.3) is 0 Å².